The molecule has 53 heavy (non-hydrogen) atoms. The SMILES string of the molecule is c1ccc(-c2nc(-c3ccc(-c4cccc5c4sc4ccc(-c6nc7ccccc7s6)cc45)cc3)nc(-c3cccc4sc5ccccc5c34)n2)cc1. The Morgan fingerprint density at radius 2 is 0.962 bits per heavy atom. The predicted octanol–water partition coefficient (Wildman–Crippen LogP) is 13.6. The molecule has 0 aliphatic rings. The second kappa shape index (κ2) is 12.2. The second-order valence-corrected chi connectivity index (χ2v) is 16.2. The fourth-order valence-electron chi connectivity index (χ4n) is 7.26. The molecule has 11 aromatic rings. The van der Waals surface area contributed by atoms with E-state index in [1.165, 1.54) is 50.6 Å². The van der Waals surface area contributed by atoms with Crippen molar-refractivity contribution < 1.29 is 0 Å². The van der Waals surface area contributed by atoms with Crippen LogP contribution in [-0.2, 0) is 0 Å². The number of thiazole rings is 1. The normalized spacial score (nSPS) is 11.8. The van der Waals surface area contributed by atoms with Crippen LogP contribution in [0.15, 0.2) is 158 Å². The molecule has 0 N–H and O–H groups in total. The Labute approximate surface area is 316 Å². The molecular weight excluding hydrogens is 705 g/mol. The van der Waals surface area contributed by atoms with E-state index in [-0.39, 0.29) is 0 Å². The average Bonchev–Trinajstić information content (AvgIpc) is 3.94. The lowest BCUT2D eigenvalue weighted by Crippen LogP contribution is -2.00. The van der Waals surface area contributed by atoms with Crippen molar-refractivity contribution in [2.75, 3.05) is 0 Å². The van der Waals surface area contributed by atoms with Gasteiger partial charge in [0.2, 0.25) is 0 Å². The van der Waals surface area contributed by atoms with Gasteiger partial charge in [0.1, 0.15) is 5.01 Å². The van der Waals surface area contributed by atoms with E-state index in [1.54, 1.807) is 22.7 Å². The van der Waals surface area contributed by atoms with Gasteiger partial charge in [0.05, 0.1) is 10.2 Å². The molecule has 4 aromatic heterocycles. The first-order chi connectivity index (χ1) is 26.2. The highest BCUT2D eigenvalue weighted by atomic mass is 32.1. The molecule has 0 radical (unpaired) electrons. The van der Waals surface area contributed by atoms with Gasteiger partial charge in [-0.25, -0.2) is 19.9 Å². The van der Waals surface area contributed by atoms with Crippen molar-refractivity contribution in [3.63, 3.8) is 0 Å². The van der Waals surface area contributed by atoms with E-state index in [0.717, 1.165) is 38.3 Å². The molecule has 248 valence electrons. The Balaban J connectivity index is 1.01. The Bertz CT molecular complexity index is 3140. The molecule has 0 aliphatic carbocycles. The summed E-state index contributed by atoms with van der Waals surface area (Å²) in [7, 11) is 0. The Hall–Kier alpha value is -6.12. The van der Waals surface area contributed by atoms with Gasteiger partial charge in [0, 0.05) is 62.6 Å². The standard InChI is InChI=1S/C46H26N4S3/c1-2-10-28(11-3-1)43-48-44(50-45(49-43)34-15-9-19-40-41(34)33-12-4-6-17-37(33)51-40)29-22-20-27(21-23-29)31-13-8-14-32-35-26-30(24-25-38(35)52-42(31)32)46-47-36-16-5-7-18-39(36)53-46/h1-26H. The van der Waals surface area contributed by atoms with Gasteiger partial charge < -0.3 is 0 Å². The monoisotopic (exact) mass is 730 g/mol. The molecule has 0 spiro atoms. The summed E-state index contributed by atoms with van der Waals surface area (Å²) in [5, 5.41) is 5.98. The third-order valence-corrected chi connectivity index (χ3v) is 13.2. The van der Waals surface area contributed by atoms with Crippen molar-refractivity contribution in [3.05, 3.63) is 158 Å². The minimum absolute atomic E-state index is 0.652. The summed E-state index contributed by atoms with van der Waals surface area (Å²) in [4.78, 5) is 20.2. The highest BCUT2D eigenvalue weighted by Gasteiger charge is 2.18. The number of hydrogen-bond acceptors (Lipinski definition) is 7. The maximum absolute atomic E-state index is 5.14. The molecule has 0 saturated heterocycles. The third-order valence-electron chi connectivity index (χ3n) is 9.80. The molecule has 0 atom stereocenters. The predicted molar refractivity (Wildman–Crippen MR) is 226 cm³/mol. The van der Waals surface area contributed by atoms with Gasteiger partial charge in [0.25, 0.3) is 0 Å². The molecule has 4 heterocycles. The molecular formula is C46H26N4S3. The van der Waals surface area contributed by atoms with Crippen LogP contribution in [0.5, 0.6) is 0 Å². The maximum atomic E-state index is 5.14. The van der Waals surface area contributed by atoms with Crippen molar-refractivity contribution in [3.8, 4) is 55.9 Å². The summed E-state index contributed by atoms with van der Waals surface area (Å²) in [5.41, 5.74) is 7.49. The molecule has 0 aliphatic heterocycles. The number of benzene rings is 7. The molecule has 7 heteroatoms. The molecule has 0 unspecified atom stereocenters. The van der Waals surface area contributed by atoms with Crippen LogP contribution < -0.4 is 0 Å². The number of rotatable bonds is 5. The Kier molecular flexibility index (Phi) is 7.05. The van der Waals surface area contributed by atoms with E-state index in [2.05, 4.69) is 133 Å². The third kappa shape index (κ3) is 5.16. The fraction of sp³-hybridized carbons (Fsp3) is 0. The lowest BCUT2D eigenvalue weighted by Gasteiger charge is -2.10. The first kappa shape index (κ1) is 30.5. The summed E-state index contributed by atoms with van der Waals surface area (Å²) in [5.74, 6) is 1.98. The summed E-state index contributed by atoms with van der Waals surface area (Å²) in [6, 6.07) is 55.6. The van der Waals surface area contributed by atoms with Crippen molar-refractivity contribution in [2.45, 2.75) is 0 Å². The van der Waals surface area contributed by atoms with Gasteiger partial charge >= 0.3 is 0 Å². The van der Waals surface area contributed by atoms with Crippen LogP contribution in [0, 0.1) is 0 Å². The lowest BCUT2D eigenvalue weighted by molar-refractivity contribution is 1.08. The number of thiophene rings is 2. The lowest BCUT2D eigenvalue weighted by atomic mass is 10.0. The number of fused-ring (bicyclic) bond motifs is 7. The summed E-state index contributed by atoms with van der Waals surface area (Å²) in [6.45, 7) is 0. The second-order valence-electron chi connectivity index (χ2n) is 13.0. The van der Waals surface area contributed by atoms with Gasteiger partial charge in [-0.3, -0.25) is 0 Å². The number of para-hydroxylation sites is 1. The smallest absolute Gasteiger partial charge is 0.164 e. The molecule has 0 fully saturated rings. The molecule has 0 saturated carbocycles. The highest BCUT2D eigenvalue weighted by molar-refractivity contribution is 7.26. The van der Waals surface area contributed by atoms with Gasteiger partial charge in [-0.2, -0.15) is 0 Å². The van der Waals surface area contributed by atoms with E-state index >= 15 is 0 Å². The first-order valence-electron chi connectivity index (χ1n) is 17.4. The van der Waals surface area contributed by atoms with Gasteiger partial charge in [-0.1, -0.05) is 121 Å². The first-order valence-corrected chi connectivity index (χ1v) is 19.8. The van der Waals surface area contributed by atoms with Crippen LogP contribution in [-0.4, -0.2) is 19.9 Å². The van der Waals surface area contributed by atoms with Crippen molar-refractivity contribution in [1.82, 2.24) is 19.9 Å². The number of aromatic nitrogens is 4. The van der Waals surface area contributed by atoms with E-state index in [1.807, 2.05) is 35.6 Å². The molecule has 0 bridgehead atoms. The zero-order chi connectivity index (χ0) is 34.9. The van der Waals surface area contributed by atoms with Crippen LogP contribution in [0.2, 0.25) is 0 Å². The van der Waals surface area contributed by atoms with Crippen LogP contribution in [0.4, 0.5) is 0 Å². The Morgan fingerprint density at radius 1 is 0.340 bits per heavy atom. The average molecular weight is 731 g/mol. The van der Waals surface area contributed by atoms with Gasteiger partial charge in [0.15, 0.2) is 17.5 Å². The van der Waals surface area contributed by atoms with E-state index < -0.39 is 0 Å². The Morgan fingerprint density at radius 3 is 1.81 bits per heavy atom. The van der Waals surface area contributed by atoms with Crippen molar-refractivity contribution in [2.24, 2.45) is 0 Å². The summed E-state index contributed by atoms with van der Waals surface area (Å²) >= 11 is 5.39. The fourth-order valence-corrected chi connectivity index (χ4v) is 10.6. The minimum Gasteiger partial charge on any atom is -0.236 e. The van der Waals surface area contributed by atoms with Crippen LogP contribution in [0.1, 0.15) is 0 Å². The molecule has 0 amide bonds. The number of hydrogen-bond donors (Lipinski definition) is 0. The maximum Gasteiger partial charge on any atom is 0.164 e. The van der Waals surface area contributed by atoms with Crippen molar-refractivity contribution >= 4 is 84.6 Å². The largest absolute Gasteiger partial charge is 0.236 e. The summed E-state index contributed by atoms with van der Waals surface area (Å²) in [6.07, 6.45) is 0. The molecule has 11 rings (SSSR count). The zero-order valence-corrected chi connectivity index (χ0v) is 30.5. The molecule has 4 nitrogen and oxygen atoms in total. The van der Waals surface area contributed by atoms with Crippen LogP contribution >= 0.6 is 34.0 Å². The van der Waals surface area contributed by atoms with Crippen LogP contribution in [0.25, 0.3) is 106 Å². The van der Waals surface area contributed by atoms with E-state index in [4.69, 9.17) is 19.9 Å². The summed E-state index contributed by atoms with van der Waals surface area (Å²) < 4.78 is 6.24. The zero-order valence-electron chi connectivity index (χ0n) is 28.0. The quantitative estimate of drug-likeness (QED) is 0.177. The highest BCUT2D eigenvalue weighted by Crippen LogP contribution is 2.43. The minimum atomic E-state index is 0.652. The number of nitrogens with zero attached hydrogens (tertiary/aromatic N) is 4. The van der Waals surface area contributed by atoms with E-state index in [9.17, 15) is 0 Å². The van der Waals surface area contributed by atoms with Gasteiger partial charge in [-0.15, -0.1) is 34.0 Å². The van der Waals surface area contributed by atoms with Gasteiger partial charge in [-0.05, 0) is 47.5 Å². The van der Waals surface area contributed by atoms with E-state index in [0.29, 0.717) is 17.5 Å². The molecule has 7 aromatic carbocycles. The van der Waals surface area contributed by atoms with Crippen molar-refractivity contribution in [1.29, 1.82) is 0 Å². The topological polar surface area (TPSA) is 51.6 Å². The van der Waals surface area contributed by atoms with Crippen LogP contribution in [0.3, 0.4) is 0 Å².